The summed E-state index contributed by atoms with van der Waals surface area (Å²) in [7, 11) is 0. The number of amides is 2. The number of aromatic nitrogens is 1. The molecule has 8 heteroatoms. The second kappa shape index (κ2) is 6.10. The number of aryl methyl sites for hydroxylation is 1. The molecule has 1 N–H and O–H groups in total. The van der Waals surface area contributed by atoms with Crippen molar-refractivity contribution in [2.75, 3.05) is 19.6 Å². The van der Waals surface area contributed by atoms with E-state index in [-0.39, 0.29) is 23.0 Å². The van der Waals surface area contributed by atoms with Crippen molar-refractivity contribution in [1.82, 2.24) is 15.0 Å². The van der Waals surface area contributed by atoms with Crippen molar-refractivity contribution in [2.24, 2.45) is 11.3 Å². The van der Waals surface area contributed by atoms with Crippen LogP contribution in [0, 0.1) is 18.3 Å². The fourth-order valence-electron chi connectivity index (χ4n) is 4.25. The Morgan fingerprint density at radius 2 is 1.96 bits per heavy atom. The van der Waals surface area contributed by atoms with Crippen molar-refractivity contribution in [1.29, 1.82) is 0 Å². The number of carbonyl (C=O) groups is 3. The zero-order chi connectivity index (χ0) is 18.5. The molecule has 8 nitrogen and oxygen atoms in total. The van der Waals surface area contributed by atoms with Crippen molar-refractivity contribution in [3.63, 3.8) is 0 Å². The molecule has 1 aromatic heterocycles. The van der Waals surface area contributed by atoms with E-state index < -0.39 is 17.9 Å². The molecule has 1 aliphatic carbocycles. The van der Waals surface area contributed by atoms with E-state index in [1.807, 2.05) is 4.90 Å². The number of carboxylic acids is 1. The van der Waals surface area contributed by atoms with Gasteiger partial charge in [-0.25, -0.2) is 4.79 Å². The Bertz CT molecular complexity index is 746. The number of hydrogen-bond acceptors (Lipinski definition) is 5. The molecule has 2 saturated heterocycles. The lowest BCUT2D eigenvalue weighted by Crippen LogP contribution is -2.45. The van der Waals surface area contributed by atoms with Gasteiger partial charge in [0.25, 0.3) is 5.91 Å². The van der Waals surface area contributed by atoms with Crippen LogP contribution in [0.5, 0.6) is 0 Å². The summed E-state index contributed by atoms with van der Waals surface area (Å²) in [5.41, 5.74) is 0.342. The van der Waals surface area contributed by atoms with E-state index in [0.29, 0.717) is 31.7 Å². The molecular formula is C18H23N3O5. The molecule has 4 rings (SSSR count). The number of carboxylic acid groups (broad SMARTS) is 1. The number of hydrogen-bond donors (Lipinski definition) is 1. The summed E-state index contributed by atoms with van der Waals surface area (Å²) >= 11 is 0. The second-order valence-corrected chi connectivity index (χ2v) is 7.92. The van der Waals surface area contributed by atoms with Crippen LogP contribution in [-0.2, 0) is 9.59 Å². The Labute approximate surface area is 151 Å². The fourth-order valence-corrected chi connectivity index (χ4v) is 4.25. The molecular weight excluding hydrogens is 338 g/mol. The minimum Gasteiger partial charge on any atom is -0.480 e. The molecule has 1 aromatic rings. The van der Waals surface area contributed by atoms with Crippen LogP contribution in [0.2, 0.25) is 0 Å². The maximum absolute atomic E-state index is 12.7. The Balaban J connectivity index is 1.48. The zero-order valence-corrected chi connectivity index (χ0v) is 14.8. The first kappa shape index (κ1) is 17.1. The topological polar surface area (TPSA) is 104 Å². The van der Waals surface area contributed by atoms with E-state index in [1.54, 1.807) is 6.92 Å². The molecule has 0 bridgehead atoms. The van der Waals surface area contributed by atoms with Gasteiger partial charge in [-0.2, -0.15) is 0 Å². The second-order valence-electron chi connectivity index (χ2n) is 7.92. The highest BCUT2D eigenvalue weighted by molar-refractivity contribution is 5.94. The molecule has 3 aliphatic rings. The Kier molecular flexibility index (Phi) is 4.00. The van der Waals surface area contributed by atoms with Gasteiger partial charge in [-0.05, 0) is 44.4 Å². The molecule has 1 atom stereocenters. The average molecular weight is 361 g/mol. The van der Waals surface area contributed by atoms with Gasteiger partial charge in [0.1, 0.15) is 6.04 Å². The molecule has 140 valence electrons. The third-order valence-corrected chi connectivity index (χ3v) is 5.96. The molecule has 2 amide bonds. The van der Waals surface area contributed by atoms with Crippen molar-refractivity contribution >= 4 is 17.8 Å². The first-order valence-corrected chi connectivity index (χ1v) is 9.14. The largest absolute Gasteiger partial charge is 0.480 e. The van der Waals surface area contributed by atoms with E-state index >= 15 is 0 Å². The molecule has 1 spiro atoms. The van der Waals surface area contributed by atoms with Crippen LogP contribution in [0.4, 0.5) is 0 Å². The van der Waals surface area contributed by atoms with Gasteiger partial charge in [-0.3, -0.25) is 9.59 Å². The number of nitrogens with zero attached hydrogens (tertiary/aromatic N) is 3. The first-order valence-electron chi connectivity index (χ1n) is 9.14. The monoisotopic (exact) mass is 361 g/mol. The summed E-state index contributed by atoms with van der Waals surface area (Å²) in [6, 6.07) is 0.668. The first-order chi connectivity index (χ1) is 12.4. The number of aliphatic carboxylic acids is 1. The minimum atomic E-state index is -0.997. The minimum absolute atomic E-state index is 0.0761. The highest BCUT2D eigenvalue weighted by Gasteiger charge is 2.51. The average Bonchev–Trinajstić information content (AvgIpc) is 3.28. The quantitative estimate of drug-likeness (QED) is 0.870. The van der Waals surface area contributed by atoms with Crippen LogP contribution in [0.15, 0.2) is 10.6 Å². The zero-order valence-electron chi connectivity index (χ0n) is 14.8. The molecule has 0 radical (unpaired) electrons. The van der Waals surface area contributed by atoms with Gasteiger partial charge in [0, 0.05) is 31.6 Å². The summed E-state index contributed by atoms with van der Waals surface area (Å²) in [5, 5.41) is 13.3. The highest BCUT2D eigenvalue weighted by atomic mass is 16.5. The summed E-state index contributed by atoms with van der Waals surface area (Å²) < 4.78 is 5.04. The maximum atomic E-state index is 12.7. The van der Waals surface area contributed by atoms with Gasteiger partial charge in [-0.1, -0.05) is 5.16 Å². The van der Waals surface area contributed by atoms with Crippen molar-refractivity contribution in [2.45, 2.75) is 45.1 Å². The molecule has 3 heterocycles. The summed E-state index contributed by atoms with van der Waals surface area (Å²) in [4.78, 5) is 40.0. The highest BCUT2D eigenvalue weighted by Crippen LogP contribution is 2.45. The number of rotatable bonds is 3. The fraction of sp³-hybridized carbons (Fsp3) is 0.667. The van der Waals surface area contributed by atoms with Gasteiger partial charge in [0.05, 0.1) is 5.69 Å². The van der Waals surface area contributed by atoms with Crippen molar-refractivity contribution in [3.05, 3.63) is 17.5 Å². The normalized spacial score (nSPS) is 24.9. The van der Waals surface area contributed by atoms with Crippen LogP contribution in [-0.4, -0.2) is 63.5 Å². The lowest BCUT2D eigenvalue weighted by atomic mass is 9.76. The lowest BCUT2D eigenvalue weighted by Gasteiger charge is -2.39. The van der Waals surface area contributed by atoms with Gasteiger partial charge >= 0.3 is 5.97 Å². The number of carbonyl (C=O) groups excluding carboxylic acids is 2. The van der Waals surface area contributed by atoms with Crippen LogP contribution >= 0.6 is 0 Å². The van der Waals surface area contributed by atoms with Crippen LogP contribution in [0.3, 0.4) is 0 Å². The Hall–Kier alpha value is -2.38. The predicted molar refractivity (Wildman–Crippen MR) is 89.3 cm³/mol. The predicted octanol–water partition coefficient (Wildman–Crippen LogP) is 1.30. The summed E-state index contributed by atoms with van der Waals surface area (Å²) in [6.07, 6.45) is 3.86. The molecule has 26 heavy (non-hydrogen) atoms. The third-order valence-electron chi connectivity index (χ3n) is 5.96. The number of likely N-dealkylation sites (tertiary alicyclic amines) is 2. The third kappa shape index (κ3) is 2.97. The summed E-state index contributed by atoms with van der Waals surface area (Å²) in [6.45, 7) is 3.39. The summed E-state index contributed by atoms with van der Waals surface area (Å²) in [5.74, 6) is -0.911. The van der Waals surface area contributed by atoms with E-state index in [4.69, 9.17) is 4.52 Å². The van der Waals surface area contributed by atoms with Crippen LogP contribution in [0.1, 0.15) is 48.4 Å². The molecule has 3 fully saturated rings. The molecule has 2 aliphatic heterocycles. The van der Waals surface area contributed by atoms with Gasteiger partial charge in [0.2, 0.25) is 11.7 Å². The van der Waals surface area contributed by atoms with Crippen LogP contribution in [0.25, 0.3) is 0 Å². The Morgan fingerprint density at radius 1 is 1.27 bits per heavy atom. The van der Waals surface area contributed by atoms with Crippen LogP contribution < -0.4 is 0 Å². The van der Waals surface area contributed by atoms with E-state index in [0.717, 1.165) is 25.7 Å². The maximum Gasteiger partial charge on any atom is 0.326 e. The van der Waals surface area contributed by atoms with E-state index in [9.17, 15) is 19.5 Å². The standard InChI is InChI=1S/C18H23N3O5/c1-11-8-14(26-19-11)16(23)21-10-18(9-13(21)17(24)25)4-6-20(7-5-18)15(22)12-2-3-12/h8,12-13H,2-7,9-10H2,1H3,(H,24,25)/t13-/m1/s1. The van der Waals surface area contributed by atoms with Gasteiger partial charge < -0.3 is 19.4 Å². The van der Waals surface area contributed by atoms with E-state index in [2.05, 4.69) is 5.16 Å². The number of piperidine rings is 1. The molecule has 1 saturated carbocycles. The lowest BCUT2D eigenvalue weighted by molar-refractivity contribution is -0.141. The van der Waals surface area contributed by atoms with Gasteiger partial charge in [0.15, 0.2) is 0 Å². The molecule has 0 aromatic carbocycles. The molecule has 0 unspecified atom stereocenters. The van der Waals surface area contributed by atoms with Gasteiger partial charge in [-0.15, -0.1) is 0 Å². The van der Waals surface area contributed by atoms with Crippen molar-refractivity contribution in [3.8, 4) is 0 Å². The Morgan fingerprint density at radius 3 is 2.50 bits per heavy atom. The smallest absolute Gasteiger partial charge is 0.326 e. The van der Waals surface area contributed by atoms with E-state index in [1.165, 1.54) is 11.0 Å². The van der Waals surface area contributed by atoms with Crippen molar-refractivity contribution < 1.29 is 24.0 Å². The SMILES string of the molecule is Cc1cc(C(=O)N2CC3(CCN(C(=O)C4CC4)CC3)C[C@@H]2C(=O)O)on1.